The van der Waals surface area contributed by atoms with E-state index in [2.05, 4.69) is 20.3 Å². The summed E-state index contributed by atoms with van der Waals surface area (Å²) in [7, 11) is 1.59. The molecule has 0 spiro atoms. The molecule has 0 radical (unpaired) electrons. The summed E-state index contributed by atoms with van der Waals surface area (Å²) in [6.45, 7) is 1.94. The smallest absolute Gasteiger partial charge is 0.212 e. The Bertz CT molecular complexity index is 757. The van der Waals surface area contributed by atoms with E-state index in [1.54, 1.807) is 19.4 Å². The van der Waals surface area contributed by atoms with Gasteiger partial charge in [0.1, 0.15) is 5.82 Å². The first-order chi connectivity index (χ1) is 10.7. The van der Waals surface area contributed by atoms with Crippen molar-refractivity contribution >= 4 is 11.5 Å². The molecule has 0 atom stereocenters. The molecule has 0 aliphatic heterocycles. The van der Waals surface area contributed by atoms with E-state index in [1.165, 1.54) is 0 Å². The second-order valence-electron chi connectivity index (χ2n) is 4.80. The van der Waals surface area contributed by atoms with Gasteiger partial charge in [0.2, 0.25) is 5.88 Å². The summed E-state index contributed by atoms with van der Waals surface area (Å²) in [6, 6.07) is 15.5. The number of anilines is 2. The van der Waals surface area contributed by atoms with Crippen molar-refractivity contribution in [3.8, 4) is 17.3 Å². The molecule has 0 saturated carbocycles. The van der Waals surface area contributed by atoms with Crippen LogP contribution >= 0.6 is 0 Å². The van der Waals surface area contributed by atoms with Crippen molar-refractivity contribution in [1.29, 1.82) is 0 Å². The zero-order valence-electron chi connectivity index (χ0n) is 12.4. The summed E-state index contributed by atoms with van der Waals surface area (Å²) in [6.07, 6.45) is 1.71. The van der Waals surface area contributed by atoms with Gasteiger partial charge in [-0.3, -0.25) is 0 Å². The number of para-hydroxylation sites is 1. The number of rotatable bonds is 4. The molecule has 0 unspecified atom stereocenters. The summed E-state index contributed by atoms with van der Waals surface area (Å²) in [5, 5.41) is 3.28. The molecule has 22 heavy (non-hydrogen) atoms. The van der Waals surface area contributed by atoms with Crippen molar-refractivity contribution in [2.45, 2.75) is 6.92 Å². The molecule has 3 rings (SSSR count). The fourth-order valence-electron chi connectivity index (χ4n) is 2.06. The standard InChI is InChI=1S/C17H16N4O/c1-12-10-15(20-14-6-4-3-5-7-14)21-17(19-12)13-8-9-16(22-2)18-11-13/h3-11H,1-2H3,(H,19,20,21). The number of hydrogen-bond acceptors (Lipinski definition) is 5. The molecule has 2 aromatic heterocycles. The van der Waals surface area contributed by atoms with Gasteiger partial charge in [-0.05, 0) is 25.1 Å². The number of methoxy groups -OCH3 is 1. The minimum Gasteiger partial charge on any atom is -0.481 e. The minimum atomic E-state index is 0.569. The molecule has 5 heteroatoms. The number of pyridine rings is 1. The van der Waals surface area contributed by atoms with Gasteiger partial charge in [-0.25, -0.2) is 15.0 Å². The van der Waals surface area contributed by atoms with Gasteiger partial charge >= 0.3 is 0 Å². The van der Waals surface area contributed by atoms with Gasteiger partial charge < -0.3 is 10.1 Å². The molecule has 0 saturated heterocycles. The summed E-state index contributed by atoms with van der Waals surface area (Å²) in [4.78, 5) is 13.2. The lowest BCUT2D eigenvalue weighted by Gasteiger charge is -2.08. The lowest BCUT2D eigenvalue weighted by Crippen LogP contribution is -1.99. The second-order valence-corrected chi connectivity index (χ2v) is 4.80. The molecular formula is C17H16N4O. The summed E-state index contributed by atoms with van der Waals surface area (Å²) in [5.74, 6) is 1.96. The van der Waals surface area contributed by atoms with Crippen LogP contribution in [0.4, 0.5) is 11.5 Å². The van der Waals surface area contributed by atoms with E-state index in [0.717, 1.165) is 22.8 Å². The second kappa shape index (κ2) is 6.22. The number of hydrogen-bond donors (Lipinski definition) is 1. The maximum absolute atomic E-state index is 5.07. The quantitative estimate of drug-likeness (QED) is 0.796. The van der Waals surface area contributed by atoms with Gasteiger partial charge in [-0.15, -0.1) is 0 Å². The number of aromatic nitrogens is 3. The van der Waals surface area contributed by atoms with Gasteiger partial charge in [0.25, 0.3) is 0 Å². The van der Waals surface area contributed by atoms with Crippen LogP contribution in [0.2, 0.25) is 0 Å². The average Bonchev–Trinajstić information content (AvgIpc) is 2.55. The van der Waals surface area contributed by atoms with Crippen LogP contribution in [0.25, 0.3) is 11.4 Å². The molecule has 5 nitrogen and oxygen atoms in total. The van der Waals surface area contributed by atoms with Crippen LogP contribution in [0.1, 0.15) is 5.69 Å². The number of nitrogens with one attached hydrogen (secondary N) is 1. The van der Waals surface area contributed by atoms with Gasteiger partial charge in [-0.2, -0.15) is 0 Å². The van der Waals surface area contributed by atoms with Crippen molar-refractivity contribution in [1.82, 2.24) is 15.0 Å². The van der Waals surface area contributed by atoms with Crippen LogP contribution in [-0.4, -0.2) is 22.1 Å². The monoisotopic (exact) mass is 292 g/mol. The summed E-state index contributed by atoms with van der Waals surface area (Å²) in [5.41, 5.74) is 2.72. The predicted octanol–water partition coefficient (Wildman–Crippen LogP) is 3.60. The van der Waals surface area contributed by atoms with E-state index in [-0.39, 0.29) is 0 Å². The zero-order valence-corrected chi connectivity index (χ0v) is 12.4. The highest BCUT2D eigenvalue weighted by Gasteiger charge is 2.06. The van der Waals surface area contributed by atoms with Crippen molar-refractivity contribution in [3.05, 3.63) is 60.4 Å². The molecule has 3 aromatic rings. The molecule has 0 amide bonds. The third-order valence-electron chi connectivity index (χ3n) is 3.10. The van der Waals surface area contributed by atoms with E-state index in [4.69, 9.17) is 4.74 Å². The molecule has 0 aliphatic carbocycles. The van der Waals surface area contributed by atoms with Gasteiger partial charge in [0.05, 0.1) is 7.11 Å². The lowest BCUT2D eigenvalue weighted by atomic mass is 10.2. The van der Waals surface area contributed by atoms with Crippen LogP contribution in [0.5, 0.6) is 5.88 Å². The Morgan fingerprint density at radius 2 is 1.82 bits per heavy atom. The lowest BCUT2D eigenvalue weighted by molar-refractivity contribution is 0.398. The predicted molar refractivity (Wildman–Crippen MR) is 86.3 cm³/mol. The highest BCUT2D eigenvalue weighted by molar-refractivity contribution is 5.61. The molecule has 0 bridgehead atoms. The fraction of sp³-hybridized carbons (Fsp3) is 0.118. The zero-order chi connectivity index (χ0) is 15.4. The minimum absolute atomic E-state index is 0.569. The maximum Gasteiger partial charge on any atom is 0.212 e. The molecule has 110 valence electrons. The Morgan fingerprint density at radius 1 is 1.00 bits per heavy atom. The highest BCUT2D eigenvalue weighted by atomic mass is 16.5. The van der Waals surface area contributed by atoms with E-state index in [9.17, 15) is 0 Å². The van der Waals surface area contributed by atoms with Crippen LogP contribution in [0.3, 0.4) is 0 Å². The van der Waals surface area contributed by atoms with Crippen LogP contribution in [-0.2, 0) is 0 Å². The number of ether oxygens (including phenoxy) is 1. The first-order valence-electron chi connectivity index (χ1n) is 6.93. The SMILES string of the molecule is COc1ccc(-c2nc(C)cc(Nc3ccccc3)n2)cn1. The normalized spacial score (nSPS) is 10.3. The van der Waals surface area contributed by atoms with Gasteiger partial charge in [-0.1, -0.05) is 18.2 Å². The molecule has 1 aromatic carbocycles. The van der Waals surface area contributed by atoms with Crippen molar-refractivity contribution < 1.29 is 4.74 Å². The van der Waals surface area contributed by atoms with Gasteiger partial charge in [0, 0.05) is 35.3 Å². The number of nitrogens with zero attached hydrogens (tertiary/aromatic N) is 3. The molecule has 0 aliphatic rings. The number of benzene rings is 1. The molecule has 0 fully saturated rings. The Morgan fingerprint density at radius 3 is 2.50 bits per heavy atom. The Labute approximate surface area is 129 Å². The third-order valence-corrected chi connectivity index (χ3v) is 3.10. The first-order valence-corrected chi connectivity index (χ1v) is 6.93. The first kappa shape index (κ1) is 14.0. The van der Waals surface area contributed by atoms with Crippen LogP contribution in [0, 0.1) is 6.92 Å². The number of aryl methyl sites for hydroxylation is 1. The molecule has 1 N–H and O–H groups in total. The highest BCUT2D eigenvalue weighted by Crippen LogP contribution is 2.21. The van der Waals surface area contributed by atoms with Gasteiger partial charge in [0.15, 0.2) is 5.82 Å². The van der Waals surface area contributed by atoms with Crippen LogP contribution in [0.15, 0.2) is 54.7 Å². The molecular weight excluding hydrogens is 276 g/mol. The van der Waals surface area contributed by atoms with E-state index in [1.807, 2.05) is 49.4 Å². The fourth-order valence-corrected chi connectivity index (χ4v) is 2.06. The van der Waals surface area contributed by atoms with E-state index >= 15 is 0 Å². The summed E-state index contributed by atoms with van der Waals surface area (Å²) < 4.78 is 5.07. The Kier molecular flexibility index (Phi) is 3.96. The average molecular weight is 292 g/mol. The van der Waals surface area contributed by atoms with Crippen LogP contribution < -0.4 is 10.1 Å². The van der Waals surface area contributed by atoms with Crippen molar-refractivity contribution in [3.63, 3.8) is 0 Å². The maximum atomic E-state index is 5.07. The van der Waals surface area contributed by atoms with Crippen molar-refractivity contribution in [2.75, 3.05) is 12.4 Å². The molecule has 2 heterocycles. The summed E-state index contributed by atoms with van der Waals surface area (Å²) >= 11 is 0. The van der Waals surface area contributed by atoms with Crippen molar-refractivity contribution in [2.24, 2.45) is 0 Å². The largest absolute Gasteiger partial charge is 0.481 e. The Hall–Kier alpha value is -2.95. The topological polar surface area (TPSA) is 59.9 Å². The van der Waals surface area contributed by atoms with E-state index in [0.29, 0.717) is 11.7 Å². The Balaban J connectivity index is 1.92. The third kappa shape index (κ3) is 3.20. The van der Waals surface area contributed by atoms with E-state index < -0.39 is 0 Å².